The Bertz CT molecular complexity index is 320. The summed E-state index contributed by atoms with van der Waals surface area (Å²) in [6.07, 6.45) is 4.09. The minimum absolute atomic E-state index is 0.0698. The van der Waals surface area contributed by atoms with Gasteiger partial charge in [0, 0.05) is 26.1 Å². The monoisotopic (exact) mass is 284 g/mol. The van der Waals surface area contributed by atoms with Gasteiger partial charge in [-0.3, -0.25) is 14.5 Å². The van der Waals surface area contributed by atoms with E-state index >= 15 is 0 Å². The molecule has 1 amide bonds. The van der Waals surface area contributed by atoms with Crippen molar-refractivity contribution in [2.24, 2.45) is 5.92 Å². The molecular weight excluding hydrogens is 256 g/mol. The normalized spacial score (nSPS) is 21.2. The predicted octanol–water partition coefficient (Wildman–Crippen LogP) is 1.57. The van der Waals surface area contributed by atoms with Gasteiger partial charge in [0.15, 0.2) is 0 Å². The predicted molar refractivity (Wildman–Crippen MR) is 78.3 cm³/mol. The fourth-order valence-corrected chi connectivity index (χ4v) is 2.66. The highest BCUT2D eigenvalue weighted by atomic mass is 16.5. The Hall–Kier alpha value is -1.10. The molecule has 0 aromatic carbocycles. The van der Waals surface area contributed by atoms with Gasteiger partial charge in [-0.1, -0.05) is 13.3 Å². The summed E-state index contributed by atoms with van der Waals surface area (Å²) < 4.78 is 4.96. The van der Waals surface area contributed by atoms with E-state index in [1.807, 2.05) is 0 Å². The van der Waals surface area contributed by atoms with E-state index in [0.717, 1.165) is 38.8 Å². The molecule has 1 rings (SSSR count). The molecule has 0 unspecified atom stereocenters. The molecule has 5 heteroatoms. The summed E-state index contributed by atoms with van der Waals surface area (Å²) in [6, 6.07) is 0.254. The van der Waals surface area contributed by atoms with Crippen molar-refractivity contribution < 1.29 is 14.3 Å². The molecule has 5 nitrogen and oxygen atoms in total. The molecule has 0 aromatic rings. The van der Waals surface area contributed by atoms with Crippen molar-refractivity contribution in [3.8, 4) is 0 Å². The van der Waals surface area contributed by atoms with Crippen molar-refractivity contribution in [2.75, 3.05) is 26.2 Å². The lowest BCUT2D eigenvalue weighted by Crippen LogP contribution is -2.46. The highest BCUT2D eigenvalue weighted by Gasteiger charge is 2.26. The lowest BCUT2D eigenvalue weighted by Gasteiger charge is -2.32. The van der Waals surface area contributed by atoms with E-state index in [2.05, 4.69) is 24.1 Å². The van der Waals surface area contributed by atoms with Crippen LogP contribution in [0.15, 0.2) is 0 Å². The molecular formula is C15H28N2O3. The first kappa shape index (κ1) is 17.0. The molecule has 116 valence electrons. The van der Waals surface area contributed by atoms with Gasteiger partial charge in [0.05, 0.1) is 5.92 Å². The number of carbonyl (C=O) groups is 2. The van der Waals surface area contributed by atoms with Gasteiger partial charge >= 0.3 is 5.97 Å². The largest absolute Gasteiger partial charge is 0.465 e. The van der Waals surface area contributed by atoms with Gasteiger partial charge in [-0.15, -0.1) is 0 Å². The zero-order valence-electron chi connectivity index (χ0n) is 13.0. The number of carbonyl (C=O) groups excluding carboxylic acids is 2. The van der Waals surface area contributed by atoms with E-state index in [0.29, 0.717) is 13.2 Å². The topological polar surface area (TPSA) is 58.6 Å². The smallest absolute Gasteiger partial charge is 0.302 e. The minimum Gasteiger partial charge on any atom is -0.465 e. The number of likely N-dealkylation sites (tertiary alicyclic amines) is 1. The third-order valence-electron chi connectivity index (χ3n) is 3.70. The molecule has 1 aliphatic heterocycles. The minimum atomic E-state index is -0.246. The Kier molecular flexibility index (Phi) is 7.59. The van der Waals surface area contributed by atoms with Gasteiger partial charge in [-0.25, -0.2) is 0 Å². The van der Waals surface area contributed by atoms with Crippen LogP contribution in [0.3, 0.4) is 0 Å². The Morgan fingerprint density at radius 2 is 2.20 bits per heavy atom. The van der Waals surface area contributed by atoms with Gasteiger partial charge in [-0.2, -0.15) is 0 Å². The van der Waals surface area contributed by atoms with Crippen LogP contribution in [0.4, 0.5) is 0 Å². The summed E-state index contributed by atoms with van der Waals surface area (Å²) in [6.45, 7) is 8.48. The van der Waals surface area contributed by atoms with E-state index in [-0.39, 0.29) is 23.8 Å². The second-order valence-corrected chi connectivity index (χ2v) is 5.68. The van der Waals surface area contributed by atoms with Gasteiger partial charge < -0.3 is 10.1 Å². The maximum absolute atomic E-state index is 12.2. The number of ether oxygens (including phenoxy) is 1. The van der Waals surface area contributed by atoms with Crippen LogP contribution in [0.5, 0.6) is 0 Å². The van der Waals surface area contributed by atoms with E-state index in [4.69, 9.17) is 4.74 Å². The third kappa shape index (κ3) is 6.37. The summed E-state index contributed by atoms with van der Waals surface area (Å²) in [5, 5.41) is 3.09. The first-order valence-electron chi connectivity index (χ1n) is 7.69. The number of nitrogens with one attached hydrogen (secondary N) is 1. The van der Waals surface area contributed by atoms with Crippen LogP contribution >= 0.6 is 0 Å². The first-order chi connectivity index (χ1) is 9.52. The molecule has 1 fully saturated rings. The highest BCUT2D eigenvalue weighted by Crippen LogP contribution is 2.16. The van der Waals surface area contributed by atoms with Gasteiger partial charge in [0.1, 0.15) is 6.61 Å². The summed E-state index contributed by atoms with van der Waals surface area (Å²) in [7, 11) is 0. The Labute approximate surface area is 122 Å². The average molecular weight is 284 g/mol. The first-order valence-corrected chi connectivity index (χ1v) is 7.69. The molecule has 0 aromatic heterocycles. The standard InChI is InChI=1S/C15H28N2O3/c1-4-6-12(2)16-15(19)14-7-5-8-17(11-14)9-10-20-13(3)18/h12,14H,4-11H2,1-3H3,(H,16,19)/t12-,14+/m1/s1. The number of nitrogens with zero attached hydrogens (tertiary/aromatic N) is 1. The summed E-state index contributed by atoms with van der Waals surface area (Å²) in [5.41, 5.74) is 0. The maximum Gasteiger partial charge on any atom is 0.302 e. The Balaban J connectivity index is 2.32. The molecule has 0 spiro atoms. The lowest BCUT2D eigenvalue weighted by atomic mass is 9.96. The molecule has 0 saturated carbocycles. The SMILES string of the molecule is CCC[C@@H](C)NC(=O)[C@H]1CCCN(CCOC(C)=O)C1. The number of hydrogen-bond acceptors (Lipinski definition) is 4. The number of amides is 1. The van der Waals surface area contributed by atoms with Crippen LogP contribution in [-0.4, -0.2) is 49.1 Å². The van der Waals surface area contributed by atoms with E-state index < -0.39 is 0 Å². The molecule has 2 atom stereocenters. The highest BCUT2D eigenvalue weighted by molar-refractivity contribution is 5.79. The fourth-order valence-electron chi connectivity index (χ4n) is 2.66. The van der Waals surface area contributed by atoms with Gasteiger partial charge in [-0.05, 0) is 32.7 Å². The number of piperidine rings is 1. The van der Waals surface area contributed by atoms with Crippen molar-refractivity contribution in [2.45, 2.75) is 52.5 Å². The second-order valence-electron chi connectivity index (χ2n) is 5.68. The molecule has 1 heterocycles. The van der Waals surface area contributed by atoms with Crippen molar-refractivity contribution in [1.82, 2.24) is 10.2 Å². The van der Waals surface area contributed by atoms with Crippen molar-refractivity contribution in [3.63, 3.8) is 0 Å². The third-order valence-corrected chi connectivity index (χ3v) is 3.70. The van der Waals surface area contributed by atoms with Gasteiger partial charge in [0.25, 0.3) is 0 Å². The molecule has 1 N–H and O–H groups in total. The summed E-state index contributed by atoms with van der Waals surface area (Å²) in [4.78, 5) is 25.1. The van der Waals surface area contributed by atoms with Crippen LogP contribution in [-0.2, 0) is 14.3 Å². The fraction of sp³-hybridized carbons (Fsp3) is 0.867. The van der Waals surface area contributed by atoms with Gasteiger partial charge in [0.2, 0.25) is 5.91 Å². The van der Waals surface area contributed by atoms with Crippen LogP contribution < -0.4 is 5.32 Å². The van der Waals surface area contributed by atoms with E-state index in [1.54, 1.807) is 0 Å². The van der Waals surface area contributed by atoms with Crippen LogP contribution in [0, 0.1) is 5.92 Å². The molecule has 1 aliphatic rings. The van der Waals surface area contributed by atoms with Crippen molar-refractivity contribution in [1.29, 1.82) is 0 Å². The summed E-state index contributed by atoms with van der Waals surface area (Å²) >= 11 is 0. The molecule has 1 saturated heterocycles. The maximum atomic E-state index is 12.2. The number of hydrogen-bond donors (Lipinski definition) is 1. The van der Waals surface area contributed by atoms with Crippen LogP contribution in [0.1, 0.15) is 46.5 Å². The van der Waals surface area contributed by atoms with Crippen molar-refractivity contribution in [3.05, 3.63) is 0 Å². The number of esters is 1. The van der Waals surface area contributed by atoms with Crippen molar-refractivity contribution >= 4 is 11.9 Å². The Morgan fingerprint density at radius 1 is 1.45 bits per heavy atom. The average Bonchev–Trinajstić information content (AvgIpc) is 2.39. The Morgan fingerprint density at radius 3 is 2.85 bits per heavy atom. The van der Waals surface area contributed by atoms with Crippen LogP contribution in [0.2, 0.25) is 0 Å². The van der Waals surface area contributed by atoms with E-state index in [1.165, 1.54) is 6.92 Å². The zero-order chi connectivity index (χ0) is 15.0. The number of rotatable bonds is 7. The zero-order valence-corrected chi connectivity index (χ0v) is 13.0. The lowest BCUT2D eigenvalue weighted by molar-refractivity contribution is -0.141. The molecule has 0 radical (unpaired) electrons. The van der Waals surface area contributed by atoms with Crippen LogP contribution in [0.25, 0.3) is 0 Å². The molecule has 0 bridgehead atoms. The quantitative estimate of drug-likeness (QED) is 0.721. The molecule has 0 aliphatic carbocycles. The van der Waals surface area contributed by atoms with E-state index in [9.17, 15) is 9.59 Å². The summed E-state index contributed by atoms with van der Waals surface area (Å²) in [5.74, 6) is -0.00628. The molecule has 20 heavy (non-hydrogen) atoms. The second kappa shape index (κ2) is 8.95.